The summed E-state index contributed by atoms with van der Waals surface area (Å²) in [6, 6.07) is 0. The summed E-state index contributed by atoms with van der Waals surface area (Å²) in [6.07, 6.45) is 4.71. The van der Waals surface area contributed by atoms with E-state index >= 15 is 0 Å². The van der Waals surface area contributed by atoms with E-state index in [1.807, 2.05) is 0 Å². The molecule has 0 amide bonds. The highest BCUT2D eigenvalue weighted by atomic mass is 32.2. The van der Waals surface area contributed by atoms with E-state index in [9.17, 15) is 13.2 Å². The van der Waals surface area contributed by atoms with Gasteiger partial charge in [-0.1, -0.05) is 32.6 Å². The van der Waals surface area contributed by atoms with Crippen LogP contribution in [0.3, 0.4) is 0 Å². The monoisotopic (exact) mass is 239 g/mol. The van der Waals surface area contributed by atoms with Crippen molar-refractivity contribution in [2.24, 2.45) is 0 Å². The van der Waals surface area contributed by atoms with E-state index in [4.69, 9.17) is 0 Å². The second-order valence-electron chi connectivity index (χ2n) is 3.25. The summed E-state index contributed by atoms with van der Waals surface area (Å²) in [5.41, 5.74) is 0. The molecular weight excluding hydrogens is 218 g/mol. The molecule has 0 saturated heterocycles. The third kappa shape index (κ3) is 11.3. The highest BCUT2D eigenvalue weighted by molar-refractivity contribution is 7.87. The van der Waals surface area contributed by atoms with Crippen LogP contribution in [0.5, 0.6) is 0 Å². The summed E-state index contributed by atoms with van der Waals surface area (Å²) in [6.45, 7) is 3.18. The largest absolute Gasteiger partial charge is 0.346 e. The SMILES string of the molecule is CCCCCCCS(=O)(=O)OC(C)=O.N. The van der Waals surface area contributed by atoms with Gasteiger partial charge in [-0.05, 0) is 6.42 Å². The van der Waals surface area contributed by atoms with Gasteiger partial charge < -0.3 is 10.3 Å². The first kappa shape index (κ1) is 16.8. The predicted molar refractivity (Wildman–Crippen MR) is 59.3 cm³/mol. The van der Waals surface area contributed by atoms with E-state index in [1.54, 1.807) is 0 Å². The van der Waals surface area contributed by atoms with E-state index in [0.717, 1.165) is 32.6 Å². The Bertz CT molecular complexity index is 261. The third-order valence-corrected chi connectivity index (χ3v) is 3.02. The Morgan fingerprint density at radius 1 is 1.13 bits per heavy atom. The molecule has 0 rings (SSSR count). The van der Waals surface area contributed by atoms with Crippen molar-refractivity contribution >= 4 is 16.1 Å². The number of carbonyl (C=O) groups is 1. The molecule has 0 aliphatic carbocycles. The second kappa shape index (κ2) is 8.67. The van der Waals surface area contributed by atoms with Crippen LogP contribution in [-0.2, 0) is 19.1 Å². The molecule has 15 heavy (non-hydrogen) atoms. The first-order valence-electron chi connectivity index (χ1n) is 4.90. The fourth-order valence-electron chi connectivity index (χ4n) is 1.10. The smallest absolute Gasteiger partial charge is 0.319 e. The predicted octanol–water partition coefficient (Wildman–Crippen LogP) is 2.01. The van der Waals surface area contributed by atoms with Crippen LogP contribution in [0.2, 0.25) is 0 Å². The van der Waals surface area contributed by atoms with Crippen molar-refractivity contribution in [1.29, 1.82) is 0 Å². The number of unbranched alkanes of at least 4 members (excludes halogenated alkanes) is 4. The molecule has 0 saturated carbocycles. The Labute approximate surface area is 91.9 Å². The molecule has 0 aromatic heterocycles. The van der Waals surface area contributed by atoms with Crippen molar-refractivity contribution in [1.82, 2.24) is 6.15 Å². The van der Waals surface area contributed by atoms with Gasteiger partial charge in [-0.15, -0.1) is 0 Å². The van der Waals surface area contributed by atoms with E-state index in [-0.39, 0.29) is 11.9 Å². The second-order valence-corrected chi connectivity index (χ2v) is 4.94. The van der Waals surface area contributed by atoms with Gasteiger partial charge in [0.15, 0.2) is 0 Å². The highest BCUT2D eigenvalue weighted by Gasteiger charge is 2.12. The van der Waals surface area contributed by atoms with Crippen LogP contribution in [0, 0.1) is 0 Å². The Morgan fingerprint density at radius 2 is 1.67 bits per heavy atom. The first-order valence-corrected chi connectivity index (χ1v) is 6.48. The quantitative estimate of drug-likeness (QED) is 0.541. The van der Waals surface area contributed by atoms with Crippen molar-refractivity contribution in [2.45, 2.75) is 46.0 Å². The number of hydrogen-bond acceptors (Lipinski definition) is 5. The van der Waals surface area contributed by atoms with Crippen molar-refractivity contribution < 1.29 is 17.4 Å². The van der Waals surface area contributed by atoms with Gasteiger partial charge in [0.25, 0.3) is 0 Å². The minimum atomic E-state index is -3.62. The van der Waals surface area contributed by atoms with Gasteiger partial charge in [-0.3, -0.25) is 4.79 Å². The minimum absolute atomic E-state index is 0. The van der Waals surface area contributed by atoms with Crippen LogP contribution in [0.15, 0.2) is 0 Å². The zero-order valence-corrected chi connectivity index (χ0v) is 10.3. The summed E-state index contributed by atoms with van der Waals surface area (Å²) in [5, 5.41) is 0. The van der Waals surface area contributed by atoms with Crippen LogP contribution in [0.1, 0.15) is 46.0 Å². The zero-order valence-electron chi connectivity index (χ0n) is 9.49. The van der Waals surface area contributed by atoms with Gasteiger partial charge in [0.1, 0.15) is 0 Å². The molecule has 0 aromatic carbocycles. The first-order chi connectivity index (χ1) is 6.48. The van der Waals surface area contributed by atoms with Gasteiger partial charge in [-0.25, -0.2) is 0 Å². The number of carbonyl (C=O) groups excluding carboxylic acids is 1. The molecule has 6 heteroatoms. The summed E-state index contributed by atoms with van der Waals surface area (Å²) < 4.78 is 26.2. The van der Waals surface area contributed by atoms with Crippen molar-refractivity contribution in [3.63, 3.8) is 0 Å². The van der Waals surface area contributed by atoms with E-state index in [0.29, 0.717) is 6.42 Å². The number of rotatable bonds is 7. The molecule has 5 nitrogen and oxygen atoms in total. The molecular formula is C9H21NO4S. The molecule has 0 aliphatic heterocycles. The molecule has 0 bridgehead atoms. The fourth-order valence-corrected chi connectivity index (χ4v) is 2.10. The molecule has 0 aliphatic rings. The normalized spacial score (nSPS) is 10.5. The van der Waals surface area contributed by atoms with Gasteiger partial charge in [0.2, 0.25) is 0 Å². The lowest BCUT2D eigenvalue weighted by Crippen LogP contribution is -2.13. The minimum Gasteiger partial charge on any atom is -0.346 e. The Hall–Kier alpha value is -0.620. The van der Waals surface area contributed by atoms with Crippen LogP contribution in [-0.4, -0.2) is 20.1 Å². The standard InChI is InChI=1S/C9H18O4S.H3N/c1-3-4-5-6-7-8-14(11,12)13-9(2)10;/h3-8H2,1-2H3;1H3. The third-order valence-electron chi connectivity index (χ3n) is 1.74. The Morgan fingerprint density at radius 3 is 2.13 bits per heavy atom. The zero-order chi connectivity index (χ0) is 11.0. The lowest BCUT2D eigenvalue weighted by Gasteiger charge is -2.02. The van der Waals surface area contributed by atoms with Gasteiger partial charge >= 0.3 is 16.1 Å². The molecule has 0 unspecified atom stereocenters. The van der Waals surface area contributed by atoms with Gasteiger partial charge in [0.05, 0.1) is 5.75 Å². The van der Waals surface area contributed by atoms with E-state index < -0.39 is 16.1 Å². The molecule has 92 valence electrons. The lowest BCUT2D eigenvalue weighted by molar-refractivity contribution is -0.131. The van der Waals surface area contributed by atoms with E-state index in [1.165, 1.54) is 0 Å². The highest BCUT2D eigenvalue weighted by Crippen LogP contribution is 2.05. The van der Waals surface area contributed by atoms with Crippen LogP contribution >= 0.6 is 0 Å². The lowest BCUT2D eigenvalue weighted by atomic mass is 10.2. The summed E-state index contributed by atoms with van der Waals surface area (Å²) in [4.78, 5) is 10.4. The Balaban J connectivity index is 0. The molecule has 0 aromatic rings. The molecule has 3 N–H and O–H groups in total. The fraction of sp³-hybridized carbons (Fsp3) is 0.889. The maximum absolute atomic E-state index is 11.0. The molecule has 0 heterocycles. The summed E-state index contributed by atoms with van der Waals surface area (Å²) >= 11 is 0. The molecule has 0 spiro atoms. The van der Waals surface area contributed by atoms with Crippen molar-refractivity contribution in [3.05, 3.63) is 0 Å². The maximum Gasteiger partial charge on any atom is 0.319 e. The maximum atomic E-state index is 11.0. The topological polar surface area (TPSA) is 95.4 Å². The van der Waals surface area contributed by atoms with Crippen molar-refractivity contribution in [3.8, 4) is 0 Å². The van der Waals surface area contributed by atoms with Gasteiger partial charge in [0, 0.05) is 6.92 Å². The molecule has 0 radical (unpaired) electrons. The molecule has 0 fully saturated rings. The summed E-state index contributed by atoms with van der Waals surface area (Å²) in [7, 11) is -3.62. The van der Waals surface area contributed by atoms with Crippen LogP contribution in [0.25, 0.3) is 0 Å². The Kier molecular flexibility index (Phi) is 9.71. The average Bonchev–Trinajstić information content (AvgIpc) is 2.01. The summed E-state index contributed by atoms with van der Waals surface area (Å²) in [5.74, 6) is -0.824. The number of hydrogen-bond donors (Lipinski definition) is 1. The van der Waals surface area contributed by atoms with Gasteiger partial charge in [-0.2, -0.15) is 8.42 Å². The van der Waals surface area contributed by atoms with Crippen molar-refractivity contribution in [2.75, 3.05) is 5.75 Å². The average molecular weight is 239 g/mol. The van der Waals surface area contributed by atoms with E-state index in [2.05, 4.69) is 11.1 Å². The molecule has 0 atom stereocenters. The van der Waals surface area contributed by atoms with Crippen LogP contribution < -0.4 is 6.15 Å². The van der Waals surface area contributed by atoms with Crippen LogP contribution in [0.4, 0.5) is 0 Å².